The summed E-state index contributed by atoms with van der Waals surface area (Å²) in [4.78, 5) is 29.6. The van der Waals surface area contributed by atoms with Gasteiger partial charge in [-0.15, -0.1) is 0 Å². The molecule has 2 bridgehead atoms. The van der Waals surface area contributed by atoms with E-state index in [-0.39, 0.29) is 11.8 Å². The van der Waals surface area contributed by atoms with Crippen molar-refractivity contribution in [3.8, 4) is 0 Å². The lowest BCUT2D eigenvalue weighted by Gasteiger charge is -2.44. The molecule has 7 heteroatoms. The highest BCUT2D eigenvalue weighted by atomic mass is 16.3. The summed E-state index contributed by atoms with van der Waals surface area (Å²) in [5, 5.41) is 10.6. The van der Waals surface area contributed by atoms with E-state index < -0.39 is 11.6 Å². The van der Waals surface area contributed by atoms with Crippen LogP contribution < -0.4 is 5.73 Å². The molecule has 3 heterocycles. The molecule has 135 valence electrons. The van der Waals surface area contributed by atoms with Crippen molar-refractivity contribution < 1.29 is 14.7 Å². The van der Waals surface area contributed by atoms with Crippen molar-refractivity contribution >= 4 is 11.8 Å². The quantitative estimate of drug-likeness (QED) is 0.685. The molecular weight excluding hydrogens is 308 g/mol. The van der Waals surface area contributed by atoms with Gasteiger partial charge in [-0.1, -0.05) is 0 Å². The molecule has 0 unspecified atom stereocenters. The fourth-order valence-electron chi connectivity index (χ4n) is 4.55. The zero-order chi connectivity index (χ0) is 17.3. The predicted octanol–water partition coefficient (Wildman–Crippen LogP) is -0.802. The van der Waals surface area contributed by atoms with Crippen LogP contribution in [0.5, 0.6) is 0 Å². The van der Waals surface area contributed by atoms with Gasteiger partial charge in [0.2, 0.25) is 11.8 Å². The van der Waals surface area contributed by atoms with E-state index in [9.17, 15) is 14.7 Å². The Labute approximate surface area is 143 Å². The second-order valence-electron chi connectivity index (χ2n) is 7.43. The van der Waals surface area contributed by atoms with Crippen molar-refractivity contribution in [1.29, 1.82) is 0 Å². The summed E-state index contributed by atoms with van der Waals surface area (Å²) < 4.78 is 0. The number of hydrogen-bond acceptors (Lipinski definition) is 5. The first-order valence-corrected chi connectivity index (χ1v) is 8.96. The maximum atomic E-state index is 12.0. The average Bonchev–Trinajstić information content (AvgIpc) is 2.74. The van der Waals surface area contributed by atoms with Gasteiger partial charge in [0, 0.05) is 52.2 Å². The minimum atomic E-state index is -0.586. The molecule has 0 saturated carbocycles. The molecule has 3 rings (SSSR count). The largest absolute Gasteiger partial charge is 0.390 e. The van der Waals surface area contributed by atoms with Gasteiger partial charge in [-0.3, -0.25) is 19.4 Å². The van der Waals surface area contributed by atoms with Gasteiger partial charge in [-0.05, 0) is 32.1 Å². The van der Waals surface area contributed by atoms with Crippen molar-refractivity contribution in [2.75, 3.05) is 39.3 Å². The van der Waals surface area contributed by atoms with Gasteiger partial charge in [0.1, 0.15) is 5.54 Å². The molecule has 0 aliphatic carbocycles. The smallest absolute Gasteiger partial charge is 0.237 e. The van der Waals surface area contributed by atoms with Gasteiger partial charge >= 0.3 is 0 Å². The highest BCUT2D eigenvalue weighted by Crippen LogP contribution is 2.43. The molecule has 0 aromatic heterocycles. The normalized spacial score (nSPS) is 32.8. The Morgan fingerprint density at radius 2 is 2.00 bits per heavy atom. The minimum absolute atomic E-state index is 0.111. The summed E-state index contributed by atoms with van der Waals surface area (Å²) in [6, 6.07) is 0.329. The summed E-state index contributed by atoms with van der Waals surface area (Å²) in [6.07, 6.45) is 5.11. The van der Waals surface area contributed by atoms with Crippen LogP contribution in [0.1, 0.15) is 32.6 Å². The third-order valence-electron chi connectivity index (χ3n) is 5.96. The Kier molecular flexibility index (Phi) is 5.13. The highest BCUT2D eigenvalue weighted by Gasteiger charge is 2.52. The van der Waals surface area contributed by atoms with E-state index in [4.69, 9.17) is 5.73 Å². The molecule has 0 aromatic rings. The molecular formula is C17H29N4O3. The molecule has 1 radical (unpaired) electrons. The molecule has 3 fully saturated rings. The zero-order valence-corrected chi connectivity index (χ0v) is 14.5. The Morgan fingerprint density at radius 3 is 2.62 bits per heavy atom. The number of hydrogen-bond donors (Lipinski definition) is 2. The number of primary amides is 1. The number of β-amino-alcohol motifs (C(OH)–C–C–N with tert-alkyl or cyclic N) is 1. The first-order chi connectivity index (χ1) is 11.4. The number of nitrogens with two attached hydrogens (primary N) is 1. The van der Waals surface area contributed by atoms with Crippen LogP contribution in [-0.4, -0.2) is 88.6 Å². The number of carbonyl (C=O) groups is 2. The van der Waals surface area contributed by atoms with Crippen LogP contribution >= 0.6 is 0 Å². The standard InChI is InChI=1S/C17H29N4O3/c1-13(22)20-9-7-19(8-10-20)11-15(23)12-21-14-3-2-5-17(21,6-4-14)16(18)24/h2,14-15,23H,3-12H2,1H3,(H2,18,24)/t14-,15-,17+/m1/s1. The number of piperazine rings is 1. The van der Waals surface area contributed by atoms with Crippen molar-refractivity contribution in [3.63, 3.8) is 0 Å². The Bertz CT molecular complexity index is 488. The molecule has 3 N–H and O–H groups in total. The molecule has 3 atom stereocenters. The van der Waals surface area contributed by atoms with E-state index in [1.807, 2.05) is 4.90 Å². The Balaban J connectivity index is 1.54. The van der Waals surface area contributed by atoms with Gasteiger partial charge in [0.25, 0.3) is 0 Å². The molecule has 0 spiro atoms. The van der Waals surface area contributed by atoms with E-state index in [0.29, 0.717) is 38.6 Å². The third kappa shape index (κ3) is 3.30. The number of piperidine rings is 1. The van der Waals surface area contributed by atoms with Crippen LogP contribution in [0.4, 0.5) is 0 Å². The third-order valence-corrected chi connectivity index (χ3v) is 5.96. The fraction of sp³-hybridized carbons (Fsp3) is 0.824. The number of nitrogens with zero attached hydrogens (tertiary/aromatic N) is 3. The van der Waals surface area contributed by atoms with Gasteiger partial charge in [0.05, 0.1) is 6.10 Å². The van der Waals surface area contributed by atoms with E-state index in [1.165, 1.54) is 0 Å². The first kappa shape index (κ1) is 17.6. The predicted molar refractivity (Wildman–Crippen MR) is 89.9 cm³/mol. The number of aliphatic hydroxyl groups excluding tert-OH is 1. The molecule has 3 aliphatic heterocycles. The topological polar surface area (TPSA) is 90.1 Å². The Morgan fingerprint density at radius 1 is 1.29 bits per heavy atom. The van der Waals surface area contributed by atoms with Crippen LogP contribution in [0.15, 0.2) is 0 Å². The summed E-state index contributed by atoms with van der Waals surface area (Å²) in [5.41, 5.74) is 5.12. The van der Waals surface area contributed by atoms with Crippen LogP contribution in [0.2, 0.25) is 0 Å². The van der Waals surface area contributed by atoms with E-state index in [0.717, 1.165) is 32.4 Å². The van der Waals surface area contributed by atoms with Crippen molar-refractivity contribution in [1.82, 2.24) is 14.7 Å². The lowest BCUT2D eigenvalue weighted by atomic mass is 9.87. The second kappa shape index (κ2) is 6.98. The van der Waals surface area contributed by atoms with Gasteiger partial charge in [0.15, 0.2) is 0 Å². The first-order valence-electron chi connectivity index (χ1n) is 8.96. The molecule has 7 nitrogen and oxygen atoms in total. The summed E-state index contributed by atoms with van der Waals surface area (Å²) in [6.45, 7) is 5.67. The Hall–Kier alpha value is -1.18. The van der Waals surface area contributed by atoms with Crippen LogP contribution in [-0.2, 0) is 9.59 Å². The van der Waals surface area contributed by atoms with Crippen LogP contribution in [0, 0.1) is 6.42 Å². The van der Waals surface area contributed by atoms with Gasteiger partial charge in [-0.2, -0.15) is 0 Å². The average molecular weight is 337 g/mol. The van der Waals surface area contributed by atoms with E-state index >= 15 is 0 Å². The maximum Gasteiger partial charge on any atom is 0.237 e. The second-order valence-corrected chi connectivity index (χ2v) is 7.43. The summed E-state index contributed by atoms with van der Waals surface area (Å²) >= 11 is 0. The highest BCUT2D eigenvalue weighted by molar-refractivity contribution is 5.85. The monoisotopic (exact) mass is 337 g/mol. The minimum Gasteiger partial charge on any atom is -0.390 e. The van der Waals surface area contributed by atoms with Crippen LogP contribution in [0.3, 0.4) is 0 Å². The van der Waals surface area contributed by atoms with E-state index in [2.05, 4.69) is 16.2 Å². The molecule has 3 saturated heterocycles. The zero-order valence-electron chi connectivity index (χ0n) is 14.5. The fourth-order valence-corrected chi connectivity index (χ4v) is 4.55. The number of fused-ring (bicyclic) bond motifs is 2. The molecule has 0 aromatic carbocycles. The van der Waals surface area contributed by atoms with Gasteiger partial charge < -0.3 is 15.7 Å². The van der Waals surface area contributed by atoms with Crippen molar-refractivity contribution in [2.45, 2.75) is 50.3 Å². The molecule has 3 aliphatic rings. The number of aliphatic hydroxyl groups is 1. The van der Waals surface area contributed by atoms with Crippen molar-refractivity contribution in [3.05, 3.63) is 6.42 Å². The maximum absolute atomic E-state index is 12.0. The lowest BCUT2D eigenvalue weighted by molar-refractivity contribution is -0.131. The van der Waals surface area contributed by atoms with E-state index in [1.54, 1.807) is 6.92 Å². The van der Waals surface area contributed by atoms with Crippen molar-refractivity contribution in [2.24, 2.45) is 5.73 Å². The number of carbonyl (C=O) groups excluding carboxylic acids is 2. The number of amides is 2. The summed E-state index contributed by atoms with van der Waals surface area (Å²) in [5.74, 6) is -0.150. The number of rotatable bonds is 5. The van der Waals surface area contributed by atoms with Gasteiger partial charge in [-0.25, -0.2) is 0 Å². The molecule has 2 amide bonds. The van der Waals surface area contributed by atoms with Crippen LogP contribution in [0.25, 0.3) is 0 Å². The summed E-state index contributed by atoms with van der Waals surface area (Å²) in [7, 11) is 0. The lowest BCUT2D eigenvalue weighted by Crippen LogP contribution is -2.60. The molecule has 24 heavy (non-hydrogen) atoms. The SMILES string of the molecule is CC(=O)N1CCN(C[C@@H](O)CN2[C@@H]3C[CH]C[C@@]2(C(N)=O)CC3)CC1.